The van der Waals surface area contributed by atoms with E-state index in [-0.39, 0.29) is 11.3 Å². The lowest BCUT2D eigenvalue weighted by molar-refractivity contribution is 0.0732. The Morgan fingerprint density at radius 1 is 0.755 bits per heavy atom. The van der Waals surface area contributed by atoms with Crippen molar-refractivity contribution in [2.45, 2.75) is 31.8 Å². The van der Waals surface area contributed by atoms with Crippen molar-refractivity contribution in [2.75, 3.05) is 18.0 Å². The van der Waals surface area contributed by atoms with Gasteiger partial charge in [0.15, 0.2) is 5.60 Å². The van der Waals surface area contributed by atoms with Gasteiger partial charge in [-0.15, -0.1) is 0 Å². The smallest absolute Gasteiger partial charge is 0.347 e. The van der Waals surface area contributed by atoms with Crippen LogP contribution in [0.2, 0.25) is 0 Å². The zero-order valence-corrected chi connectivity index (χ0v) is 27.4. The van der Waals surface area contributed by atoms with Crippen LogP contribution in [0.25, 0.3) is 28.0 Å². The van der Waals surface area contributed by atoms with Crippen LogP contribution < -0.4 is 14.4 Å². The molecule has 1 N–H and O–H groups in total. The number of carbonyl (C=O) groups is 1. The molecule has 0 aliphatic carbocycles. The molecule has 6 aromatic carbocycles. The minimum atomic E-state index is -0.888. The van der Waals surface area contributed by atoms with E-state index in [1.807, 2.05) is 42.5 Å². The molecule has 1 atom stereocenters. The summed E-state index contributed by atoms with van der Waals surface area (Å²) in [6.07, 6.45) is 7.93. The van der Waals surface area contributed by atoms with E-state index in [0.29, 0.717) is 16.9 Å². The van der Waals surface area contributed by atoms with Crippen molar-refractivity contribution in [2.24, 2.45) is 0 Å². The highest BCUT2D eigenvalue weighted by atomic mass is 16.5. The molecule has 1 saturated heterocycles. The van der Waals surface area contributed by atoms with Crippen LogP contribution in [0, 0.1) is 6.92 Å². The van der Waals surface area contributed by atoms with Gasteiger partial charge in [0, 0.05) is 40.9 Å². The number of piperidine rings is 1. The number of anilines is 1. The molecule has 0 radical (unpaired) electrons. The zero-order valence-electron chi connectivity index (χ0n) is 27.4. The molecule has 5 nitrogen and oxygen atoms in total. The molecular formula is C44H37NO4. The third-order valence-electron chi connectivity index (χ3n) is 9.77. The molecule has 8 rings (SSSR count). The molecular weight excluding hydrogens is 606 g/mol. The molecule has 1 fully saturated rings. The highest BCUT2D eigenvalue weighted by Crippen LogP contribution is 2.46. The SMILES string of the molecule is Cc1ccc(-c2ccc(OC(=O)c3cc4ccc5c(c4cc3O)OC(c3ccccc3)(c3ccc(N4CCCCC4)cc3)C=C5)cc2)cc1. The van der Waals surface area contributed by atoms with E-state index in [1.165, 1.54) is 30.5 Å². The Bertz CT molecular complexity index is 2170. The van der Waals surface area contributed by atoms with Gasteiger partial charge < -0.3 is 19.5 Å². The zero-order chi connectivity index (χ0) is 33.4. The Hall–Kier alpha value is -5.81. The molecule has 6 aromatic rings. The Morgan fingerprint density at radius 3 is 2.14 bits per heavy atom. The van der Waals surface area contributed by atoms with E-state index in [1.54, 1.807) is 24.3 Å². The number of hydrogen-bond acceptors (Lipinski definition) is 5. The number of fused-ring (bicyclic) bond motifs is 3. The van der Waals surface area contributed by atoms with E-state index in [0.717, 1.165) is 46.3 Å². The standard InChI is InChI=1S/C44H37NO4/c1-30-10-12-31(13-11-30)32-16-22-38(23-17-32)48-43(47)40-28-34-15-14-33-24-25-44(35-8-4-2-5-9-35,49-42(33)39(34)29-41(40)46)36-18-20-37(21-19-36)45-26-6-3-7-27-45/h2,4-5,8-25,28-29,46H,3,6-7,26-27H2,1H3. The summed E-state index contributed by atoms with van der Waals surface area (Å²) >= 11 is 0. The maximum atomic E-state index is 13.3. The Morgan fingerprint density at radius 2 is 1.43 bits per heavy atom. The molecule has 2 aliphatic heterocycles. The van der Waals surface area contributed by atoms with Gasteiger partial charge in [0.1, 0.15) is 22.8 Å². The van der Waals surface area contributed by atoms with E-state index in [9.17, 15) is 9.90 Å². The average molecular weight is 644 g/mol. The maximum Gasteiger partial charge on any atom is 0.347 e. The van der Waals surface area contributed by atoms with Gasteiger partial charge in [-0.1, -0.05) is 103 Å². The van der Waals surface area contributed by atoms with Gasteiger partial charge in [-0.3, -0.25) is 0 Å². The van der Waals surface area contributed by atoms with E-state index < -0.39 is 11.6 Å². The van der Waals surface area contributed by atoms with Gasteiger partial charge >= 0.3 is 5.97 Å². The molecule has 0 saturated carbocycles. The fraction of sp³-hybridized carbons (Fsp3) is 0.159. The van der Waals surface area contributed by atoms with Gasteiger partial charge in [0.05, 0.1) is 0 Å². The molecule has 5 heteroatoms. The lowest BCUT2D eigenvalue weighted by atomic mass is 9.83. The minimum Gasteiger partial charge on any atom is -0.507 e. The monoisotopic (exact) mass is 643 g/mol. The third-order valence-corrected chi connectivity index (χ3v) is 9.77. The number of rotatable bonds is 6. The summed E-state index contributed by atoms with van der Waals surface area (Å²) in [4.78, 5) is 15.8. The van der Waals surface area contributed by atoms with Crippen molar-refractivity contribution in [3.05, 3.63) is 161 Å². The number of esters is 1. The van der Waals surface area contributed by atoms with Crippen molar-refractivity contribution in [1.82, 2.24) is 0 Å². The van der Waals surface area contributed by atoms with E-state index in [2.05, 4.69) is 84.6 Å². The molecule has 0 aromatic heterocycles. The first kappa shape index (κ1) is 30.5. The van der Waals surface area contributed by atoms with Crippen molar-refractivity contribution in [3.8, 4) is 28.4 Å². The number of aryl methyl sites for hydroxylation is 1. The summed E-state index contributed by atoms with van der Waals surface area (Å²) in [5, 5.41) is 12.7. The number of ether oxygens (including phenoxy) is 2. The summed E-state index contributed by atoms with van der Waals surface area (Å²) in [5.74, 6) is 0.245. The Kier molecular flexibility index (Phi) is 7.89. The molecule has 2 heterocycles. The van der Waals surface area contributed by atoms with Crippen LogP contribution in [0.15, 0.2) is 133 Å². The van der Waals surface area contributed by atoms with Crippen molar-refractivity contribution < 1.29 is 19.4 Å². The second kappa shape index (κ2) is 12.7. The number of phenolic OH excluding ortho intramolecular Hbond substituents is 1. The van der Waals surface area contributed by atoms with Crippen LogP contribution >= 0.6 is 0 Å². The summed E-state index contributed by atoms with van der Waals surface area (Å²) in [6.45, 7) is 4.22. The fourth-order valence-electron chi connectivity index (χ4n) is 7.02. The van der Waals surface area contributed by atoms with Crippen molar-refractivity contribution >= 4 is 28.5 Å². The predicted octanol–water partition coefficient (Wildman–Crippen LogP) is 10.1. The van der Waals surface area contributed by atoms with Crippen LogP contribution in [0.3, 0.4) is 0 Å². The number of hydrogen-bond donors (Lipinski definition) is 1. The fourth-order valence-corrected chi connectivity index (χ4v) is 7.02. The molecule has 242 valence electrons. The second-order valence-electron chi connectivity index (χ2n) is 13.0. The van der Waals surface area contributed by atoms with Crippen LogP contribution in [-0.4, -0.2) is 24.2 Å². The van der Waals surface area contributed by atoms with E-state index >= 15 is 0 Å². The van der Waals surface area contributed by atoms with Gasteiger partial charge in [-0.2, -0.15) is 0 Å². The molecule has 1 unspecified atom stereocenters. The second-order valence-corrected chi connectivity index (χ2v) is 13.0. The number of phenols is 1. The molecule has 0 amide bonds. The first-order chi connectivity index (χ1) is 24.0. The predicted molar refractivity (Wildman–Crippen MR) is 197 cm³/mol. The average Bonchev–Trinajstić information content (AvgIpc) is 3.16. The maximum absolute atomic E-state index is 13.3. The largest absolute Gasteiger partial charge is 0.507 e. The first-order valence-electron chi connectivity index (χ1n) is 17.0. The van der Waals surface area contributed by atoms with Gasteiger partial charge in [-0.25, -0.2) is 4.79 Å². The van der Waals surface area contributed by atoms with Crippen LogP contribution in [-0.2, 0) is 5.60 Å². The van der Waals surface area contributed by atoms with Crippen molar-refractivity contribution in [1.29, 1.82) is 0 Å². The molecule has 0 bridgehead atoms. The summed E-state index contributed by atoms with van der Waals surface area (Å²) in [6, 6.07) is 41.8. The van der Waals surface area contributed by atoms with Gasteiger partial charge in [0.25, 0.3) is 0 Å². The number of aromatic hydroxyl groups is 1. The first-order valence-corrected chi connectivity index (χ1v) is 17.0. The number of carbonyl (C=O) groups excluding carboxylic acids is 1. The van der Waals surface area contributed by atoms with E-state index in [4.69, 9.17) is 9.47 Å². The summed E-state index contributed by atoms with van der Waals surface area (Å²) in [7, 11) is 0. The lowest BCUT2D eigenvalue weighted by Gasteiger charge is -2.37. The van der Waals surface area contributed by atoms with Crippen LogP contribution in [0.4, 0.5) is 5.69 Å². The molecule has 49 heavy (non-hydrogen) atoms. The van der Waals surface area contributed by atoms with Crippen LogP contribution in [0.5, 0.6) is 17.2 Å². The normalized spacial score (nSPS) is 17.0. The summed E-state index contributed by atoms with van der Waals surface area (Å²) in [5.41, 5.74) is 6.63. The Labute approximate surface area is 286 Å². The van der Waals surface area contributed by atoms with Crippen molar-refractivity contribution in [3.63, 3.8) is 0 Å². The minimum absolute atomic E-state index is 0.0871. The highest BCUT2D eigenvalue weighted by Gasteiger charge is 2.38. The van der Waals surface area contributed by atoms with Crippen LogP contribution in [0.1, 0.15) is 51.9 Å². The molecule has 0 spiro atoms. The Balaban J connectivity index is 1.11. The molecule has 2 aliphatic rings. The van der Waals surface area contributed by atoms with Gasteiger partial charge in [0.2, 0.25) is 0 Å². The number of benzene rings is 6. The summed E-state index contributed by atoms with van der Waals surface area (Å²) < 4.78 is 12.8. The van der Waals surface area contributed by atoms with Gasteiger partial charge in [-0.05, 0) is 85.2 Å². The quantitative estimate of drug-likeness (QED) is 0.145. The third kappa shape index (κ3) is 5.82. The number of nitrogens with zero attached hydrogens (tertiary/aromatic N) is 1. The lowest BCUT2D eigenvalue weighted by Crippen LogP contribution is -2.34. The highest BCUT2D eigenvalue weighted by molar-refractivity contribution is 6.02. The topological polar surface area (TPSA) is 59.0 Å².